The van der Waals surface area contributed by atoms with Crippen molar-refractivity contribution in [3.8, 4) is 0 Å². The second-order valence-electron chi connectivity index (χ2n) is 4.46. The van der Waals surface area contributed by atoms with Gasteiger partial charge in [0.1, 0.15) is 0 Å². The molecule has 0 saturated carbocycles. The molecule has 0 radical (unpaired) electrons. The molecule has 0 fully saturated rings. The molecular formula is C11H28NO2PS2. The fourth-order valence-electron chi connectivity index (χ4n) is 1.15. The maximum atomic E-state index is 9.12. The van der Waals surface area contributed by atoms with Gasteiger partial charge >= 0.3 is 0 Å². The van der Waals surface area contributed by atoms with Crippen LogP contribution in [-0.4, -0.2) is 41.1 Å². The monoisotopic (exact) mass is 301 g/mol. The minimum atomic E-state index is -3.04. The zero-order valence-corrected chi connectivity index (χ0v) is 14.2. The van der Waals surface area contributed by atoms with E-state index in [2.05, 4.69) is 25.7 Å². The van der Waals surface area contributed by atoms with Gasteiger partial charge in [-0.05, 0) is 45.8 Å². The van der Waals surface area contributed by atoms with Crippen LogP contribution in [0, 0.1) is 0 Å². The van der Waals surface area contributed by atoms with Gasteiger partial charge in [-0.15, -0.1) is 0 Å². The van der Waals surface area contributed by atoms with Crippen molar-refractivity contribution in [1.82, 2.24) is 4.90 Å². The molecule has 0 rings (SSSR count). The zero-order chi connectivity index (χ0) is 13.9. The van der Waals surface area contributed by atoms with Gasteiger partial charge in [0.05, 0.1) is 0 Å². The SMILES string of the molecule is CCCCCC(CC)SP(O)(O)=S.CN(C)C. The van der Waals surface area contributed by atoms with Crippen LogP contribution in [-0.2, 0) is 11.8 Å². The highest BCUT2D eigenvalue weighted by Crippen LogP contribution is 2.54. The van der Waals surface area contributed by atoms with Gasteiger partial charge in [0.15, 0.2) is 0 Å². The van der Waals surface area contributed by atoms with Gasteiger partial charge in [0, 0.05) is 5.25 Å². The maximum Gasteiger partial charge on any atom is 0.242 e. The molecule has 17 heavy (non-hydrogen) atoms. The van der Waals surface area contributed by atoms with Crippen LogP contribution in [0.15, 0.2) is 0 Å². The Kier molecular flexibility index (Phi) is 14.2. The quantitative estimate of drug-likeness (QED) is 0.557. The predicted molar refractivity (Wildman–Crippen MR) is 84.1 cm³/mol. The number of nitrogens with zero attached hydrogens (tertiary/aromatic N) is 1. The lowest BCUT2D eigenvalue weighted by molar-refractivity contribution is 0.501. The van der Waals surface area contributed by atoms with E-state index in [0.29, 0.717) is 5.25 Å². The van der Waals surface area contributed by atoms with E-state index in [0.717, 1.165) is 19.3 Å². The van der Waals surface area contributed by atoms with Gasteiger partial charge in [-0.25, -0.2) is 0 Å². The first kappa shape index (κ1) is 20.2. The summed E-state index contributed by atoms with van der Waals surface area (Å²) in [4.78, 5) is 20.2. The lowest BCUT2D eigenvalue weighted by Crippen LogP contribution is -2.00. The molecule has 0 spiro atoms. The molecule has 2 N–H and O–H groups in total. The molecule has 1 atom stereocenters. The second kappa shape index (κ2) is 11.9. The van der Waals surface area contributed by atoms with Gasteiger partial charge in [0.25, 0.3) is 0 Å². The summed E-state index contributed by atoms with van der Waals surface area (Å²) >= 11 is 5.78. The van der Waals surface area contributed by atoms with Crippen LogP contribution in [0.25, 0.3) is 0 Å². The van der Waals surface area contributed by atoms with E-state index in [1.54, 1.807) is 0 Å². The third-order valence-corrected chi connectivity index (χ3v) is 5.51. The Bertz CT molecular complexity index is 207. The minimum Gasteiger partial charge on any atom is -0.338 e. The lowest BCUT2D eigenvalue weighted by atomic mass is 10.1. The van der Waals surface area contributed by atoms with Gasteiger partial charge in [-0.1, -0.05) is 44.5 Å². The van der Waals surface area contributed by atoms with E-state index in [4.69, 9.17) is 9.79 Å². The number of hydrogen-bond donors (Lipinski definition) is 2. The molecule has 0 aromatic rings. The molecular weight excluding hydrogens is 273 g/mol. The highest BCUT2D eigenvalue weighted by molar-refractivity contribution is 8.67. The van der Waals surface area contributed by atoms with E-state index in [1.165, 1.54) is 24.2 Å². The van der Waals surface area contributed by atoms with Crippen molar-refractivity contribution >= 4 is 28.9 Å². The molecule has 0 saturated heterocycles. The smallest absolute Gasteiger partial charge is 0.242 e. The van der Waals surface area contributed by atoms with Crippen LogP contribution in [0.4, 0.5) is 0 Å². The van der Waals surface area contributed by atoms with Gasteiger partial charge in [0.2, 0.25) is 5.69 Å². The molecule has 3 nitrogen and oxygen atoms in total. The lowest BCUT2D eigenvalue weighted by Gasteiger charge is -2.16. The van der Waals surface area contributed by atoms with Crippen molar-refractivity contribution in [1.29, 1.82) is 0 Å². The largest absolute Gasteiger partial charge is 0.338 e. The highest BCUT2D eigenvalue weighted by atomic mass is 32.9. The number of unbranched alkanes of at least 4 members (excludes halogenated alkanes) is 2. The highest BCUT2D eigenvalue weighted by Gasteiger charge is 2.16. The van der Waals surface area contributed by atoms with Crippen LogP contribution in [0.5, 0.6) is 0 Å². The minimum absolute atomic E-state index is 0.326. The fraction of sp³-hybridized carbons (Fsp3) is 1.00. The fourth-order valence-corrected chi connectivity index (χ4v) is 4.98. The average Bonchev–Trinajstić information content (AvgIpc) is 2.13. The van der Waals surface area contributed by atoms with Crippen molar-refractivity contribution in [3.05, 3.63) is 0 Å². The molecule has 106 valence electrons. The Morgan fingerprint density at radius 2 is 1.65 bits per heavy atom. The van der Waals surface area contributed by atoms with Crippen LogP contribution >= 0.6 is 17.1 Å². The third kappa shape index (κ3) is 22.5. The molecule has 0 aliphatic heterocycles. The summed E-state index contributed by atoms with van der Waals surface area (Å²) in [5.74, 6) is 0. The summed E-state index contributed by atoms with van der Waals surface area (Å²) in [5.41, 5.74) is -3.04. The van der Waals surface area contributed by atoms with Crippen molar-refractivity contribution in [3.63, 3.8) is 0 Å². The summed E-state index contributed by atoms with van der Waals surface area (Å²) in [6.45, 7) is 4.23. The summed E-state index contributed by atoms with van der Waals surface area (Å²) in [7, 11) is 6.00. The molecule has 6 heteroatoms. The van der Waals surface area contributed by atoms with E-state index < -0.39 is 5.69 Å². The molecule has 0 bridgehead atoms. The average molecular weight is 301 g/mol. The molecule has 0 aliphatic carbocycles. The molecule has 0 amide bonds. The predicted octanol–water partition coefficient (Wildman–Crippen LogP) is 3.47. The van der Waals surface area contributed by atoms with E-state index in [-0.39, 0.29) is 0 Å². The van der Waals surface area contributed by atoms with Crippen LogP contribution in [0.3, 0.4) is 0 Å². The Balaban J connectivity index is 0. The van der Waals surface area contributed by atoms with Crippen LogP contribution in [0.1, 0.15) is 46.0 Å². The van der Waals surface area contributed by atoms with Crippen molar-refractivity contribution < 1.29 is 9.79 Å². The summed E-state index contributed by atoms with van der Waals surface area (Å²) < 4.78 is 0. The summed E-state index contributed by atoms with van der Waals surface area (Å²) in [6.07, 6.45) is 5.60. The Morgan fingerprint density at radius 1 is 1.18 bits per heavy atom. The normalized spacial score (nSPS) is 13.2. The Morgan fingerprint density at radius 3 is 1.94 bits per heavy atom. The molecule has 1 unspecified atom stereocenters. The molecule has 0 aromatic heterocycles. The van der Waals surface area contributed by atoms with E-state index in [9.17, 15) is 0 Å². The second-order valence-corrected chi connectivity index (χ2v) is 10.7. The standard InChI is InChI=1S/C8H19O2PS2.C3H9N/c1-3-5-6-7-8(4-2)13-11(9,10)12;1-4(2)3/h8H,3-7H2,1-2H3,(H2,9,10,12);1-3H3. The first-order valence-corrected chi connectivity index (χ1v) is 10.3. The Hall–Kier alpha value is 0.880. The number of rotatable bonds is 7. The van der Waals surface area contributed by atoms with Crippen molar-refractivity contribution in [2.75, 3.05) is 21.1 Å². The van der Waals surface area contributed by atoms with Gasteiger partial charge in [-0.3, -0.25) is 0 Å². The summed E-state index contributed by atoms with van der Waals surface area (Å²) in [5, 5.41) is 0.326. The first-order chi connectivity index (χ1) is 7.72. The molecule has 0 aromatic carbocycles. The molecule has 0 aliphatic rings. The van der Waals surface area contributed by atoms with Crippen molar-refractivity contribution in [2.45, 2.75) is 51.2 Å². The Labute approximate surface area is 116 Å². The topological polar surface area (TPSA) is 43.7 Å². The maximum absolute atomic E-state index is 9.12. The van der Waals surface area contributed by atoms with E-state index in [1.807, 2.05) is 26.0 Å². The van der Waals surface area contributed by atoms with Gasteiger partial charge < -0.3 is 14.7 Å². The van der Waals surface area contributed by atoms with Crippen molar-refractivity contribution in [2.24, 2.45) is 0 Å². The third-order valence-electron chi connectivity index (χ3n) is 1.87. The van der Waals surface area contributed by atoms with E-state index >= 15 is 0 Å². The van der Waals surface area contributed by atoms with Crippen LogP contribution in [0.2, 0.25) is 0 Å². The van der Waals surface area contributed by atoms with Gasteiger partial charge in [-0.2, -0.15) is 0 Å². The molecule has 0 heterocycles. The summed E-state index contributed by atoms with van der Waals surface area (Å²) in [6, 6.07) is 0. The zero-order valence-electron chi connectivity index (χ0n) is 11.7. The number of hydrogen-bond acceptors (Lipinski definition) is 3. The first-order valence-electron chi connectivity index (χ1n) is 6.07. The van der Waals surface area contributed by atoms with Crippen LogP contribution < -0.4 is 0 Å².